The van der Waals surface area contributed by atoms with Crippen LogP contribution in [0.2, 0.25) is 0 Å². The Balaban J connectivity index is 1.83. The Morgan fingerprint density at radius 3 is 2.03 bits per heavy atom. The summed E-state index contributed by atoms with van der Waals surface area (Å²) in [6.07, 6.45) is 0.980. The number of carbonyl (C=O) groups is 1. The Kier molecular flexibility index (Phi) is 7.12. The van der Waals surface area contributed by atoms with Crippen LogP contribution in [-0.4, -0.2) is 25.0 Å². The lowest BCUT2D eigenvalue weighted by molar-refractivity contribution is 0.189. The van der Waals surface area contributed by atoms with E-state index in [0.29, 0.717) is 6.54 Å². The van der Waals surface area contributed by atoms with Crippen molar-refractivity contribution in [2.75, 3.05) is 24.3 Å². The molecule has 156 valence electrons. The average Bonchev–Trinajstić information content (AvgIpc) is 2.78. The second-order valence-electron chi connectivity index (χ2n) is 7.76. The van der Waals surface area contributed by atoms with Gasteiger partial charge >= 0.3 is 6.03 Å². The number of carbonyl (C=O) groups excluding carboxylic acids is 1. The smallest absolute Gasteiger partial charge is 0.322 e. The van der Waals surface area contributed by atoms with Gasteiger partial charge in [0, 0.05) is 32.0 Å². The first-order valence-electron chi connectivity index (χ1n) is 10.5. The first-order valence-corrected chi connectivity index (χ1v) is 10.5. The van der Waals surface area contributed by atoms with E-state index in [2.05, 4.69) is 72.6 Å². The van der Waals surface area contributed by atoms with E-state index in [0.717, 1.165) is 28.9 Å². The molecule has 2 amide bonds. The fraction of sp³-hybridized carbons (Fsp3) is 0.269. The van der Waals surface area contributed by atoms with Crippen LogP contribution < -0.4 is 10.2 Å². The van der Waals surface area contributed by atoms with Gasteiger partial charge in [0.1, 0.15) is 0 Å². The Morgan fingerprint density at radius 1 is 0.867 bits per heavy atom. The Bertz CT molecular complexity index is 934. The van der Waals surface area contributed by atoms with Gasteiger partial charge in [-0.1, -0.05) is 61.5 Å². The Labute approximate surface area is 180 Å². The highest BCUT2D eigenvalue weighted by atomic mass is 16.2. The van der Waals surface area contributed by atoms with E-state index >= 15 is 0 Å². The lowest BCUT2D eigenvalue weighted by atomic mass is 10.1. The molecule has 4 heteroatoms. The maximum atomic E-state index is 13.3. The first-order chi connectivity index (χ1) is 14.5. The minimum absolute atomic E-state index is 0.0605. The van der Waals surface area contributed by atoms with E-state index in [1.165, 1.54) is 5.56 Å². The van der Waals surface area contributed by atoms with Gasteiger partial charge in [-0.2, -0.15) is 0 Å². The summed E-state index contributed by atoms with van der Waals surface area (Å²) in [6, 6.07) is 26.4. The minimum atomic E-state index is -0.104. The minimum Gasteiger partial charge on any atom is -0.378 e. The van der Waals surface area contributed by atoms with Gasteiger partial charge in [-0.15, -0.1) is 0 Å². The molecule has 0 saturated heterocycles. The predicted octanol–water partition coefficient (Wildman–Crippen LogP) is 6.11. The third-order valence-corrected chi connectivity index (χ3v) is 5.43. The van der Waals surface area contributed by atoms with Crippen LogP contribution in [0.5, 0.6) is 0 Å². The van der Waals surface area contributed by atoms with Gasteiger partial charge in [-0.3, -0.25) is 0 Å². The fourth-order valence-corrected chi connectivity index (χ4v) is 3.41. The summed E-state index contributed by atoms with van der Waals surface area (Å²) < 4.78 is 0. The Hall–Kier alpha value is -3.27. The number of hydrogen-bond acceptors (Lipinski definition) is 2. The highest BCUT2D eigenvalue weighted by Gasteiger charge is 2.22. The molecule has 0 saturated carbocycles. The number of urea groups is 1. The third kappa shape index (κ3) is 5.41. The molecular weight excluding hydrogens is 370 g/mol. The average molecular weight is 402 g/mol. The quantitative estimate of drug-likeness (QED) is 0.518. The number of anilines is 2. The predicted molar refractivity (Wildman–Crippen MR) is 126 cm³/mol. The van der Waals surface area contributed by atoms with Crippen LogP contribution in [0.15, 0.2) is 78.9 Å². The molecule has 0 aromatic heterocycles. The summed E-state index contributed by atoms with van der Waals surface area (Å²) in [6.45, 7) is 4.73. The van der Waals surface area contributed by atoms with Crippen molar-refractivity contribution in [2.45, 2.75) is 32.9 Å². The third-order valence-electron chi connectivity index (χ3n) is 5.43. The van der Waals surface area contributed by atoms with Gasteiger partial charge < -0.3 is 15.1 Å². The summed E-state index contributed by atoms with van der Waals surface area (Å²) in [4.78, 5) is 17.2. The standard InChI is InChI=1S/C26H31N3O/c1-5-21-11-15-24(16-12-21)27-26(30)29(20(2)23-9-7-6-8-10-23)19-22-13-17-25(18-14-22)28(3)4/h6-18,20H,5,19H2,1-4H3,(H,27,30). The highest BCUT2D eigenvalue weighted by molar-refractivity contribution is 5.89. The van der Waals surface area contributed by atoms with Crippen molar-refractivity contribution < 1.29 is 4.79 Å². The number of rotatable bonds is 7. The second-order valence-corrected chi connectivity index (χ2v) is 7.76. The summed E-state index contributed by atoms with van der Waals surface area (Å²) in [5.74, 6) is 0. The molecule has 0 aliphatic heterocycles. The van der Waals surface area contributed by atoms with Crippen molar-refractivity contribution in [3.63, 3.8) is 0 Å². The summed E-state index contributed by atoms with van der Waals surface area (Å²) in [5.41, 5.74) is 5.41. The van der Waals surface area contributed by atoms with Gasteiger partial charge in [0.2, 0.25) is 0 Å². The maximum Gasteiger partial charge on any atom is 0.322 e. The van der Waals surface area contributed by atoms with Crippen molar-refractivity contribution in [3.8, 4) is 0 Å². The van der Waals surface area contributed by atoms with Crippen LogP contribution in [0.1, 0.15) is 36.6 Å². The number of benzene rings is 3. The second kappa shape index (κ2) is 9.97. The van der Waals surface area contributed by atoms with Gasteiger partial charge in [0.05, 0.1) is 6.04 Å². The monoisotopic (exact) mass is 401 g/mol. The molecule has 3 aromatic carbocycles. The van der Waals surface area contributed by atoms with Crippen molar-refractivity contribution >= 4 is 17.4 Å². The molecule has 0 aliphatic carbocycles. The van der Waals surface area contributed by atoms with E-state index in [-0.39, 0.29) is 12.1 Å². The van der Waals surface area contributed by atoms with E-state index in [4.69, 9.17) is 0 Å². The molecule has 4 nitrogen and oxygen atoms in total. The summed E-state index contributed by atoms with van der Waals surface area (Å²) in [7, 11) is 4.05. The highest BCUT2D eigenvalue weighted by Crippen LogP contribution is 2.24. The summed E-state index contributed by atoms with van der Waals surface area (Å²) >= 11 is 0. The number of amides is 2. The maximum absolute atomic E-state index is 13.3. The zero-order chi connectivity index (χ0) is 21.5. The molecular formula is C26H31N3O. The first kappa shape index (κ1) is 21.4. The normalized spacial score (nSPS) is 11.6. The van der Waals surface area contributed by atoms with Crippen molar-refractivity contribution in [1.29, 1.82) is 0 Å². The van der Waals surface area contributed by atoms with E-state index in [9.17, 15) is 4.79 Å². The van der Waals surface area contributed by atoms with Crippen LogP contribution in [0, 0.1) is 0 Å². The molecule has 0 fully saturated rings. The SMILES string of the molecule is CCc1ccc(NC(=O)N(Cc2ccc(N(C)C)cc2)C(C)c2ccccc2)cc1. The number of nitrogens with zero attached hydrogens (tertiary/aromatic N) is 2. The number of nitrogens with one attached hydrogen (secondary N) is 1. The Morgan fingerprint density at radius 2 is 1.47 bits per heavy atom. The van der Waals surface area contributed by atoms with E-state index in [1.54, 1.807) is 0 Å². The van der Waals surface area contributed by atoms with Crippen LogP contribution in [0.25, 0.3) is 0 Å². The molecule has 30 heavy (non-hydrogen) atoms. The largest absolute Gasteiger partial charge is 0.378 e. The molecule has 0 radical (unpaired) electrons. The molecule has 0 bridgehead atoms. The molecule has 3 aromatic rings. The van der Waals surface area contributed by atoms with Crippen LogP contribution in [0.4, 0.5) is 16.2 Å². The molecule has 1 unspecified atom stereocenters. The summed E-state index contributed by atoms with van der Waals surface area (Å²) in [5, 5.41) is 3.07. The fourth-order valence-electron chi connectivity index (χ4n) is 3.41. The molecule has 3 rings (SSSR count). The number of aryl methyl sites for hydroxylation is 1. The molecule has 0 aliphatic rings. The molecule has 1 N–H and O–H groups in total. The van der Waals surface area contributed by atoms with Gasteiger partial charge in [0.25, 0.3) is 0 Å². The van der Waals surface area contributed by atoms with Crippen LogP contribution in [0.3, 0.4) is 0 Å². The van der Waals surface area contributed by atoms with Crippen molar-refractivity contribution in [1.82, 2.24) is 4.90 Å². The zero-order valence-corrected chi connectivity index (χ0v) is 18.3. The van der Waals surface area contributed by atoms with Gasteiger partial charge in [-0.25, -0.2) is 4.79 Å². The molecule has 1 atom stereocenters. The topological polar surface area (TPSA) is 35.6 Å². The van der Waals surface area contributed by atoms with Crippen LogP contribution >= 0.6 is 0 Å². The lowest BCUT2D eigenvalue weighted by Crippen LogP contribution is -2.36. The van der Waals surface area contributed by atoms with Crippen molar-refractivity contribution in [2.24, 2.45) is 0 Å². The zero-order valence-electron chi connectivity index (χ0n) is 18.3. The molecule has 0 heterocycles. The molecule has 0 spiro atoms. The lowest BCUT2D eigenvalue weighted by Gasteiger charge is -2.30. The van der Waals surface area contributed by atoms with Gasteiger partial charge in [0.15, 0.2) is 0 Å². The van der Waals surface area contributed by atoms with E-state index in [1.807, 2.05) is 49.3 Å². The van der Waals surface area contributed by atoms with E-state index < -0.39 is 0 Å². The van der Waals surface area contributed by atoms with Gasteiger partial charge in [-0.05, 0) is 54.3 Å². The van der Waals surface area contributed by atoms with Crippen molar-refractivity contribution in [3.05, 3.63) is 95.6 Å². The van der Waals surface area contributed by atoms with Crippen LogP contribution in [-0.2, 0) is 13.0 Å². The number of hydrogen-bond donors (Lipinski definition) is 1.